The molecule has 0 bridgehead atoms. The Kier molecular flexibility index (Phi) is 7.18. The minimum absolute atomic E-state index is 0.0335. The normalized spacial score (nSPS) is 11.7. The number of furan rings is 1. The first kappa shape index (κ1) is 22.2. The number of amides is 1. The quantitative estimate of drug-likeness (QED) is 0.525. The van der Waals surface area contributed by atoms with Crippen molar-refractivity contribution in [1.29, 1.82) is 0 Å². The molecule has 1 heterocycles. The lowest BCUT2D eigenvalue weighted by Crippen LogP contribution is -2.35. The van der Waals surface area contributed by atoms with Crippen LogP contribution in [0.4, 0.5) is 0 Å². The number of ether oxygens (including phenoxy) is 3. The van der Waals surface area contributed by atoms with Crippen LogP contribution in [-0.2, 0) is 33.7 Å². The van der Waals surface area contributed by atoms with E-state index in [9.17, 15) is 9.59 Å². The Morgan fingerprint density at radius 3 is 2.48 bits per heavy atom. The molecular weight excluding hydrogens is 398 g/mol. The van der Waals surface area contributed by atoms with Crippen molar-refractivity contribution < 1.29 is 28.2 Å². The van der Waals surface area contributed by atoms with E-state index in [4.69, 9.17) is 18.6 Å². The lowest BCUT2D eigenvalue weighted by atomic mass is 10.1. The predicted molar refractivity (Wildman–Crippen MR) is 116 cm³/mol. The van der Waals surface area contributed by atoms with Crippen molar-refractivity contribution in [2.75, 3.05) is 14.2 Å². The van der Waals surface area contributed by atoms with E-state index < -0.39 is 12.1 Å². The molecule has 0 saturated carbocycles. The van der Waals surface area contributed by atoms with Crippen LogP contribution in [0, 0.1) is 0 Å². The van der Waals surface area contributed by atoms with E-state index in [1.54, 1.807) is 39.5 Å². The Morgan fingerprint density at radius 1 is 1.03 bits per heavy atom. The summed E-state index contributed by atoms with van der Waals surface area (Å²) in [4.78, 5) is 24.7. The van der Waals surface area contributed by atoms with Gasteiger partial charge in [-0.3, -0.25) is 9.59 Å². The van der Waals surface area contributed by atoms with Gasteiger partial charge in [-0.15, -0.1) is 0 Å². The molecule has 0 unspecified atom stereocenters. The van der Waals surface area contributed by atoms with Gasteiger partial charge in [0.25, 0.3) is 5.91 Å². The topological polar surface area (TPSA) is 87.0 Å². The highest BCUT2D eigenvalue weighted by molar-refractivity contribution is 5.88. The molecule has 1 amide bonds. The van der Waals surface area contributed by atoms with E-state index in [0.717, 1.165) is 34.1 Å². The maximum absolute atomic E-state index is 12.4. The molecule has 2 aromatic carbocycles. The molecule has 0 fully saturated rings. The lowest BCUT2D eigenvalue weighted by Gasteiger charge is -2.14. The van der Waals surface area contributed by atoms with E-state index in [2.05, 4.69) is 12.2 Å². The van der Waals surface area contributed by atoms with Gasteiger partial charge in [-0.05, 0) is 42.7 Å². The third kappa shape index (κ3) is 5.36. The lowest BCUT2D eigenvalue weighted by molar-refractivity contribution is -0.154. The fraction of sp³-hybridized carbons (Fsp3) is 0.333. The molecule has 0 aliphatic heterocycles. The van der Waals surface area contributed by atoms with E-state index in [0.29, 0.717) is 11.5 Å². The number of carbonyl (C=O) groups is 2. The molecule has 0 aliphatic rings. The Hall–Kier alpha value is -3.48. The molecular formula is C24H27NO6. The third-order valence-electron chi connectivity index (χ3n) is 5.06. The molecule has 0 radical (unpaired) electrons. The summed E-state index contributed by atoms with van der Waals surface area (Å²) in [5.41, 5.74) is 3.47. The summed E-state index contributed by atoms with van der Waals surface area (Å²) in [5, 5.41) is 3.64. The van der Waals surface area contributed by atoms with E-state index in [1.807, 2.05) is 24.3 Å². The van der Waals surface area contributed by atoms with Crippen LogP contribution >= 0.6 is 0 Å². The van der Waals surface area contributed by atoms with Gasteiger partial charge in [-0.1, -0.05) is 25.1 Å². The number of aryl methyl sites for hydroxylation is 1. The number of esters is 1. The van der Waals surface area contributed by atoms with E-state index in [1.165, 1.54) is 0 Å². The fourth-order valence-electron chi connectivity index (χ4n) is 3.26. The average molecular weight is 425 g/mol. The standard InChI is InChI=1S/C24H27NO6/c1-5-16-6-8-19-18(14-30-21(19)10-16)12-23(26)31-15(2)24(27)25-13-17-7-9-20(28-3)22(11-17)29-4/h6-11,14-15H,5,12-13H2,1-4H3,(H,25,27)/t15-/m1/s1. The molecule has 0 saturated heterocycles. The number of hydrogen-bond acceptors (Lipinski definition) is 6. The first-order valence-corrected chi connectivity index (χ1v) is 10.1. The summed E-state index contributed by atoms with van der Waals surface area (Å²) >= 11 is 0. The zero-order valence-corrected chi connectivity index (χ0v) is 18.2. The number of methoxy groups -OCH3 is 2. The van der Waals surface area contributed by atoms with Gasteiger partial charge in [0.1, 0.15) is 5.58 Å². The van der Waals surface area contributed by atoms with Crippen molar-refractivity contribution in [3.63, 3.8) is 0 Å². The molecule has 164 valence electrons. The van der Waals surface area contributed by atoms with Crippen molar-refractivity contribution in [3.8, 4) is 11.5 Å². The Labute approximate surface area is 181 Å². The molecule has 1 N–H and O–H groups in total. The van der Waals surface area contributed by atoms with Gasteiger partial charge in [0.15, 0.2) is 17.6 Å². The van der Waals surface area contributed by atoms with Gasteiger partial charge in [0.05, 0.1) is 26.9 Å². The smallest absolute Gasteiger partial charge is 0.311 e. The van der Waals surface area contributed by atoms with Crippen molar-refractivity contribution in [2.24, 2.45) is 0 Å². The van der Waals surface area contributed by atoms with Crippen LogP contribution in [0.25, 0.3) is 11.0 Å². The van der Waals surface area contributed by atoms with E-state index >= 15 is 0 Å². The van der Waals surface area contributed by atoms with Crippen LogP contribution in [0.5, 0.6) is 11.5 Å². The predicted octanol–water partition coefficient (Wildman–Crippen LogP) is 3.80. The number of nitrogens with one attached hydrogen (secondary N) is 1. The van der Waals surface area contributed by atoms with Crippen LogP contribution in [-0.4, -0.2) is 32.2 Å². The monoisotopic (exact) mass is 425 g/mol. The van der Waals surface area contributed by atoms with Crippen molar-refractivity contribution in [2.45, 2.75) is 39.3 Å². The molecule has 1 aromatic heterocycles. The largest absolute Gasteiger partial charge is 0.493 e. The maximum atomic E-state index is 12.4. The summed E-state index contributed by atoms with van der Waals surface area (Å²) in [6, 6.07) is 11.3. The van der Waals surface area contributed by atoms with Crippen molar-refractivity contribution in [3.05, 3.63) is 59.4 Å². The fourth-order valence-corrected chi connectivity index (χ4v) is 3.26. The van der Waals surface area contributed by atoms with Crippen LogP contribution in [0.3, 0.4) is 0 Å². The first-order chi connectivity index (χ1) is 14.9. The summed E-state index contributed by atoms with van der Waals surface area (Å²) in [6.07, 6.45) is 1.58. The molecule has 3 aromatic rings. The minimum Gasteiger partial charge on any atom is -0.493 e. The van der Waals surface area contributed by atoms with Gasteiger partial charge in [0, 0.05) is 17.5 Å². The molecule has 1 atom stereocenters. The second kappa shape index (κ2) is 10.0. The van der Waals surface area contributed by atoms with Gasteiger partial charge in [-0.25, -0.2) is 0 Å². The number of fused-ring (bicyclic) bond motifs is 1. The Bertz CT molecular complexity index is 1070. The number of carbonyl (C=O) groups excluding carboxylic acids is 2. The second-order valence-electron chi connectivity index (χ2n) is 7.16. The van der Waals surface area contributed by atoms with Crippen LogP contribution < -0.4 is 14.8 Å². The van der Waals surface area contributed by atoms with E-state index in [-0.39, 0.29) is 18.9 Å². The van der Waals surface area contributed by atoms with Gasteiger partial charge in [0.2, 0.25) is 0 Å². The zero-order chi connectivity index (χ0) is 22.4. The van der Waals surface area contributed by atoms with Gasteiger partial charge < -0.3 is 23.9 Å². The Balaban J connectivity index is 1.54. The Morgan fingerprint density at radius 2 is 1.77 bits per heavy atom. The number of hydrogen-bond donors (Lipinski definition) is 1. The van der Waals surface area contributed by atoms with Crippen LogP contribution in [0.15, 0.2) is 47.1 Å². The highest BCUT2D eigenvalue weighted by Crippen LogP contribution is 2.27. The van der Waals surface area contributed by atoms with Crippen molar-refractivity contribution >= 4 is 22.8 Å². The summed E-state index contributed by atoms with van der Waals surface area (Å²) in [6.45, 7) is 3.88. The highest BCUT2D eigenvalue weighted by atomic mass is 16.5. The third-order valence-corrected chi connectivity index (χ3v) is 5.06. The summed E-state index contributed by atoms with van der Waals surface area (Å²) in [5.74, 6) is 0.313. The molecule has 7 heteroatoms. The van der Waals surface area contributed by atoms with Gasteiger partial charge in [-0.2, -0.15) is 0 Å². The maximum Gasteiger partial charge on any atom is 0.311 e. The average Bonchev–Trinajstić information content (AvgIpc) is 3.18. The molecule has 7 nitrogen and oxygen atoms in total. The van der Waals surface area contributed by atoms with Crippen LogP contribution in [0.2, 0.25) is 0 Å². The summed E-state index contributed by atoms with van der Waals surface area (Å²) in [7, 11) is 3.11. The van der Waals surface area contributed by atoms with Crippen LogP contribution in [0.1, 0.15) is 30.5 Å². The number of rotatable bonds is 9. The molecule has 0 aliphatic carbocycles. The molecule has 0 spiro atoms. The van der Waals surface area contributed by atoms with Crippen molar-refractivity contribution in [1.82, 2.24) is 5.32 Å². The number of benzene rings is 2. The first-order valence-electron chi connectivity index (χ1n) is 10.1. The highest BCUT2D eigenvalue weighted by Gasteiger charge is 2.19. The SMILES string of the molecule is CCc1ccc2c(CC(=O)O[C@H](C)C(=O)NCc3ccc(OC)c(OC)c3)coc2c1. The molecule has 31 heavy (non-hydrogen) atoms. The molecule has 3 rings (SSSR count). The minimum atomic E-state index is -0.919. The zero-order valence-electron chi connectivity index (χ0n) is 18.2. The summed E-state index contributed by atoms with van der Waals surface area (Å²) < 4.78 is 21.3. The van der Waals surface area contributed by atoms with Gasteiger partial charge >= 0.3 is 5.97 Å². The second-order valence-corrected chi connectivity index (χ2v) is 7.16.